The van der Waals surface area contributed by atoms with E-state index in [4.69, 9.17) is 9.47 Å². The number of aryl methyl sites for hydroxylation is 1. The number of hydrogen-bond donors (Lipinski definition) is 1. The third kappa shape index (κ3) is 6.68. The fraction of sp³-hybridized carbons (Fsp3) is 0.320. The van der Waals surface area contributed by atoms with Crippen LogP contribution in [0.4, 0.5) is 5.69 Å². The molecule has 3 rings (SSSR count). The number of ether oxygens (including phenoxy) is 2. The molecule has 0 spiro atoms. The lowest BCUT2D eigenvalue weighted by molar-refractivity contribution is -0.142. The molecule has 10 heteroatoms. The Labute approximate surface area is 205 Å². The third-order valence-electron chi connectivity index (χ3n) is 5.54. The molecule has 1 aliphatic heterocycles. The van der Waals surface area contributed by atoms with Crippen LogP contribution in [0.1, 0.15) is 30.4 Å². The second-order valence-electron chi connectivity index (χ2n) is 8.01. The predicted octanol–water partition coefficient (Wildman–Crippen LogP) is 3.27. The van der Waals surface area contributed by atoms with Crippen molar-refractivity contribution in [1.29, 1.82) is 5.26 Å². The van der Waals surface area contributed by atoms with Crippen LogP contribution in [-0.4, -0.2) is 51.4 Å². The van der Waals surface area contributed by atoms with Gasteiger partial charge in [-0.1, -0.05) is 24.6 Å². The van der Waals surface area contributed by atoms with Crippen LogP contribution in [0.2, 0.25) is 0 Å². The number of carbonyl (C=O) groups is 2. The summed E-state index contributed by atoms with van der Waals surface area (Å²) in [6.45, 7) is 2.03. The van der Waals surface area contributed by atoms with Crippen LogP contribution in [0, 0.1) is 18.3 Å². The van der Waals surface area contributed by atoms with Gasteiger partial charge in [0.05, 0.1) is 12.0 Å². The maximum atomic E-state index is 12.9. The summed E-state index contributed by atoms with van der Waals surface area (Å²) in [5, 5.41) is 11.9. The Kier molecular flexibility index (Phi) is 8.63. The van der Waals surface area contributed by atoms with Gasteiger partial charge in [0, 0.05) is 18.8 Å². The largest absolute Gasteiger partial charge is 0.497 e. The molecule has 0 saturated carbocycles. The van der Waals surface area contributed by atoms with E-state index in [-0.39, 0.29) is 10.5 Å². The zero-order valence-electron chi connectivity index (χ0n) is 19.6. The minimum absolute atomic E-state index is 0.0893. The Bertz CT molecular complexity index is 1260. The molecule has 35 heavy (non-hydrogen) atoms. The number of benzene rings is 2. The summed E-state index contributed by atoms with van der Waals surface area (Å²) in [5.41, 5.74) is 1.28. The van der Waals surface area contributed by atoms with Crippen LogP contribution in [0.3, 0.4) is 0 Å². The molecule has 0 bridgehead atoms. The number of nitriles is 1. The lowest BCUT2D eigenvalue weighted by Crippen LogP contribution is -2.35. The molecular weight excluding hydrogens is 470 g/mol. The lowest BCUT2D eigenvalue weighted by atomic mass is 10.1. The Morgan fingerprint density at radius 1 is 1.11 bits per heavy atom. The zero-order valence-corrected chi connectivity index (χ0v) is 20.4. The van der Waals surface area contributed by atoms with E-state index < -0.39 is 28.5 Å². The molecule has 9 nitrogen and oxygen atoms in total. The molecule has 184 valence electrons. The molecule has 0 aliphatic carbocycles. The maximum absolute atomic E-state index is 12.9. The molecule has 0 aromatic heterocycles. The SMILES string of the molecule is COc1ccc(/C=C(\C#N)C(=O)OCC(=O)Nc2cc(S(=O)(=O)N3CCCCC3)ccc2C)cc1. The van der Waals surface area contributed by atoms with Crippen LogP contribution >= 0.6 is 0 Å². The van der Waals surface area contributed by atoms with Crippen molar-refractivity contribution in [2.24, 2.45) is 0 Å². The molecule has 2 aromatic carbocycles. The number of nitrogens with zero attached hydrogens (tertiary/aromatic N) is 2. The van der Waals surface area contributed by atoms with Crippen LogP contribution in [0.25, 0.3) is 6.08 Å². The van der Waals surface area contributed by atoms with Crippen molar-refractivity contribution >= 4 is 33.7 Å². The first kappa shape index (κ1) is 25.9. The molecule has 1 heterocycles. The van der Waals surface area contributed by atoms with Crippen molar-refractivity contribution in [3.8, 4) is 11.8 Å². The minimum atomic E-state index is -3.67. The standard InChI is InChI=1S/C25H27N3O6S/c1-18-6-11-22(35(31,32)28-12-4-3-5-13-28)15-23(18)27-24(29)17-34-25(30)20(16-26)14-19-7-9-21(33-2)10-8-19/h6-11,14-15H,3-5,12-13,17H2,1-2H3,(H,27,29)/b20-14+. The molecule has 2 aromatic rings. The number of carbonyl (C=O) groups excluding carboxylic acids is 2. The van der Waals surface area contributed by atoms with Gasteiger partial charge in [0.25, 0.3) is 5.91 Å². The molecule has 0 atom stereocenters. The topological polar surface area (TPSA) is 126 Å². The monoisotopic (exact) mass is 497 g/mol. The summed E-state index contributed by atoms with van der Waals surface area (Å²) >= 11 is 0. The minimum Gasteiger partial charge on any atom is -0.497 e. The van der Waals surface area contributed by atoms with E-state index in [1.54, 1.807) is 43.3 Å². The van der Waals surface area contributed by atoms with Gasteiger partial charge in [0.2, 0.25) is 10.0 Å². The normalized spacial score (nSPS) is 14.6. The smallest absolute Gasteiger partial charge is 0.349 e. The second kappa shape index (κ2) is 11.6. The van der Waals surface area contributed by atoms with Gasteiger partial charge in [0.15, 0.2) is 6.61 Å². The summed E-state index contributed by atoms with van der Waals surface area (Å²) < 4.78 is 37.4. The predicted molar refractivity (Wildman–Crippen MR) is 130 cm³/mol. The van der Waals surface area contributed by atoms with Crippen molar-refractivity contribution in [1.82, 2.24) is 4.31 Å². The van der Waals surface area contributed by atoms with Gasteiger partial charge in [-0.2, -0.15) is 9.57 Å². The molecule has 1 fully saturated rings. The van der Waals surface area contributed by atoms with Crippen molar-refractivity contribution in [3.63, 3.8) is 0 Å². The van der Waals surface area contributed by atoms with E-state index in [1.165, 1.54) is 29.6 Å². The van der Waals surface area contributed by atoms with Crippen molar-refractivity contribution < 1.29 is 27.5 Å². The van der Waals surface area contributed by atoms with Gasteiger partial charge < -0.3 is 14.8 Å². The number of amides is 1. The number of nitrogens with one attached hydrogen (secondary N) is 1. The molecule has 1 aliphatic rings. The summed E-state index contributed by atoms with van der Waals surface area (Å²) in [4.78, 5) is 24.8. The molecule has 1 amide bonds. The first-order chi connectivity index (χ1) is 16.7. The highest BCUT2D eigenvalue weighted by atomic mass is 32.2. The third-order valence-corrected chi connectivity index (χ3v) is 7.43. The molecule has 1 saturated heterocycles. The highest BCUT2D eigenvalue weighted by Crippen LogP contribution is 2.25. The van der Waals surface area contributed by atoms with Gasteiger partial charge in [-0.05, 0) is 61.2 Å². The van der Waals surface area contributed by atoms with Gasteiger partial charge in [0.1, 0.15) is 17.4 Å². The van der Waals surface area contributed by atoms with Gasteiger partial charge in [-0.3, -0.25) is 4.79 Å². The number of hydrogen-bond acceptors (Lipinski definition) is 7. The maximum Gasteiger partial charge on any atom is 0.349 e. The van der Waals surface area contributed by atoms with Crippen LogP contribution in [0.5, 0.6) is 5.75 Å². The average Bonchev–Trinajstić information content (AvgIpc) is 2.87. The quantitative estimate of drug-likeness (QED) is 0.337. The van der Waals surface area contributed by atoms with E-state index in [2.05, 4.69) is 5.32 Å². The Hall–Kier alpha value is -3.68. The Morgan fingerprint density at radius 3 is 2.43 bits per heavy atom. The van der Waals surface area contributed by atoms with E-state index in [0.29, 0.717) is 35.7 Å². The number of rotatable bonds is 8. The van der Waals surface area contributed by atoms with Gasteiger partial charge in [-0.25, -0.2) is 13.2 Å². The molecule has 0 unspecified atom stereocenters. The van der Waals surface area contributed by atoms with Crippen LogP contribution in [0.15, 0.2) is 52.9 Å². The van der Waals surface area contributed by atoms with Gasteiger partial charge in [-0.15, -0.1) is 0 Å². The summed E-state index contributed by atoms with van der Waals surface area (Å²) in [5.74, 6) is -0.977. The van der Waals surface area contributed by atoms with E-state index in [9.17, 15) is 23.3 Å². The van der Waals surface area contributed by atoms with Crippen molar-refractivity contribution in [2.45, 2.75) is 31.1 Å². The highest BCUT2D eigenvalue weighted by molar-refractivity contribution is 7.89. The first-order valence-corrected chi connectivity index (χ1v) is 12.5. The van der Waals surface area contributed by atoms with E-state index in [1.807, 2.05) is 0 Å². The fourth-order valence-corrected chi connectivity index (χ4v) is 5.09. The fourth-order valence-electron chi connectivity index (χ4n) is 3.55. The van der Waals surface area contributed by atoms with Crippen LogP contribution in [-0.2, 0) is 24.3 Å². The molecular formula is C25H27N3O6S. The van der Waals surface area contributed by atoms with Crippen molar-refractivity contribution in [3.05, 3.63) is 59.2 Å². The Balaban J connectivity index is 1.64. The molecule has 1 N–H and O–H groups in total. The number of sulfonamides is 1. The van der Waals surface area contributed by atoms with Crippen LogP contribution < -0.4 is 10.1 Å². The summed E-state index contributed by atoms with van der Waals surface area (Å²) in [7, 11) is -2.14. The second-order valence-corrected chi connectivity index (χ2v) is 9.95. The summed E-state index contributed by atoms with van der Waals surface area (Å²) in [6.07, 6.45) is 3.98. The number of esters is 1. The highest BCUT2D eigenvalue weighted by Gasteiger charge is 2.26. The number of anilines is 1. The Morgan fingerprint density at radius 2 is 1.80 bits per heavy atom. The zero-order chi connectivity index (χ0) is 25.4. The van der Waals surface area contributed by atoms with E-state index >= 15 is 0 Å². The summed E-state index contributed by atoms with van der Waals surface area (Å²) in [6, 6.07) is 13.0. The molecule has 0 radical (unpaired) electrons. The number of piperidine rings is 1. The van der Waals surface area contributed by atoms with Gasteiger partial charge >= 0.3 is 5.97 Å². The average molecular weight is 498 g/mol. The number of methoxy groups -OCH3 is 1. The van der Waals surface area contributed by atoms with E-state index in [0.717, 1.165) is 19.3 Å². The van der Waals surface area contributed by atoms with Crippen molar-refractivity contribution in [2.75, 3.05) is 32.1 Å². The lowest BCUT2D eigenvalue weighted by Gasteiger charge is -2.26. The first-order valence-electron chi connectivity index (χ1n) is 11.1.